The average Bonchev–Trinajstić information content (AvgIpc) is 3.24. The van der Waals surface area contributed by atoms with Crippen molar-refractivity contribution < 1.29 is 9.21 Å². The number of hydrogen-bond donors (Lipinski definition) is 1. The Kier molecular flexibility index (Phi) is 3.86. The van der Waals surface area contributed by atoms with E-state index in [2.05, 4.69) is 24.0 Å². The van der Waals surface area contributed by atoms with Crippen LogP contribution in [0.4, 0.5) is 0 Å². The number of aryl methyl sites for hydroxylation is 1. The summed E-state index contributed by atoms with van der Waals surface area (Å²) in [6, 6.07) is 15.5. The molecule has 0 saturated carbocycles. The molecule has 0 bridgehead atoms. The molecular weight excluding hydrogens is 354 g/mol. The monoisotopic (exact) mass is 375 g/mol. The van der Waals surface area contributed by atoms with Crippen molar-refractivity contribution in [3.05, 3.63) is 70.3 Å². The first-order valence-electron chi connectivity index (χ1n) is 9.61. The van der Waals surface area contributed by atoms with Crippen LogP contribution < -0.4 is 5.76 Å². The molecule has 142 valence electrons. The van der Waals surface area contributed by atoms with Crippen molar-refractivity contribution >= 4 is 27.9 Å². The number of para-hydroxylation sites is 3. The molecule has 3 heterocycles. The van der Waals surface area contributed by atoms with Crippen molar-refractivity contribution in [2.45, 2.75) is 32.4 Å². The van der Waals surface area contributed by atoms with E-state index in [9.17, 15) is 9.59 Å². The molecule has 0 unspecified atom stereocenters. The number of aromatic amines is 1. The Morgan fingerprint density at radius 1 is 1.18 bits per heavy atom. The molecule has 28 heavy (non-hydrogen) atoms. The smallest absolute Gasteiger partial charge is 0.408 e. The molecule has 1 N–H and O–H groups in total. The molecule has 0 aliphatic carbocycles. The molecule has 5 rings (SSSR count). The van der Waals surface area contributed by atoms with Gasteiger partial charge in [0.1, 0.15) is 0 Å². The van der Waals surface area contributed by atoms with Crippen molar-refractivity contribution in [1.29, 1.82) is 0 Å². The number of aromatic nitrogens is 2. The van der Waals surface area contributed by atoms with Gasteiger partial charge in [0, 0.05) is 36.1 Å². The van der Waals surface area contributed by atoms with Gasteiger partial charge in [0.15, 0.2) is 5.58 Å². The number of oxazole rings is 1. The zero-order valence-corrected chi connectivity index (χ0v) is 15.6. The summed E-state index contributed by atoms with van der Waals surface area (Å²) in [6.45, 7) is 3.07. The van der Waals surface area contributed by atoms with Crippen LogP contribution in [0.5, 0.6) is 0 Å². The lowest BCUT2D eigenvalue weighted by Gasteiger charge is -2.33. The van der Waals surface area contributed by atoms with Crippen LogP contribution in [-0.4, -0.2) is 26.9 Å². The Morgan fingerprint density at radius 3 is 2.86 bits per heavy atom. The lowest BCUT2D eigenvalue weighted by atomic mass is 9.98. The van der Waals surface area contributed by atoms with Gasteiger partial charge in [-0.3, -0.25) is 9.36 Å². The number of nitrogens with one attached hydrogen (secondary N) is 1. The normalized spacial score (nSPS) is 16.6. The molecule has 1 aliphatic rings. The highest BCUT2D eigenvalue weighted by Gasteiger charge is 2.30. The lowest BCUT2D eigenvalue weighted by molar-refractivity contribution is -0.134. The van der Waals surface area contributed by atoms with E-state index in [4.69, 9.17) is 4.42 Å². The minimum atomic E-state index is -0.418. The van der Waals surface area contributed by atoms with Crippen LogP contribution in [0.2, 0.25) is 0 Å². The third-order valence-corrected chi connectivity index (χ3v) is 5.78. The lowest BCUT2D eigenvalue weighted by Crippen LogP contribution is -2.39. The highest BCUT2D eigenvalue weighted by molar-refractivity contribution is 5.86. The number of rotatable bonds is 3. The fraction of sp³-hybridized carbons (Fsp3) is 0.273. The molecule has 1 amide bonds. The summed E-state index contributed by atoms with van der Waals surface area (Å²) in [5.74, 6) is -0.368. The molecule has 6 heteroatoms. The molecular formula is C22H21N3O3. The number of hydrogen-bond acceptors (Lipinski definition) is 3. The maximum absolute atomic E-state index is 12.9. The summed E-state index contributed by atoms with van der Waals surface area (Å²) in [7, 11) is 0. The van der Waals surface area contributed by atoms with E-state index in [1.165, 1.54) is 15.5 Å². The van der Waals surface area contributed by atoms with Gasteiger partial charge in [0.05, 0.1) is 11.6 Å². The highest BCUT2D eigenvalue weighted by atomic mass is 16.4. The van der Waals surface area contributed by atoms with Crippen molar-refractivity contribution in [1.82, 2.24) is 14.5 Å². The van der Waals surface area contributed by atoms with E-state index < -0.39 is 5.76 Å². The summed E-state index contributed by atoms with van der Waals surface area (Å²) in [5, 5.41) is 1.24. The van der Waals surface area contributed by atoms with Crippen LogP contribution in [0.15, 0.2) is 57.7 Å². The van der Waals surface area contributed by atoms with Crippen molar-refractivity contribution in [3.63, 3.8) is 0 Å². The fourth-order valence-electron chi connectivity index (χ4n) is 4.35. The zero-order chi connectivity index (χ0) is 19.3. The largest absolute Gasteiger partial charge is 0.419 e. The molecule has 1 aliphatic heterocycles. The molecule has 2 aromatic carbocycles. The van der Waals surface area contributed by atoms with Crippen molar-refractivity contribution in [2.24, 2.45) is 0 Å². The van der Waals surface area contributed by atoms with Crippen LogP contribution in [0.25, 0.3) is 22.0 Å². The summed E-state index contributed by atoms with van der Waals surface area (Å²) < 4.78 is 6.79. The van der Waals surface area contributed by atoms with Crippen molar-refractivity contribution in [2.75, 3.05) is 6.54 Å². The van der Waals surface area contributed by atoms with E-state index in [1.54, 1.807) is 6.07 Å². The number of carbonyl (C=O) groups is 1. The van der Waals surface area contributed by atoms with Crippen molar-refractivity contribution in [3.8, 4) is 0 Å². The third-order valence-electron chi connectivity index (χ3n) is 5.78. The quantitative estimate of drug-likeness (QED) is 0.595. The molecule has 1 atom stereocenters. The Hall–Kier alpha value is -3.28. The predicted octanol–water partition coefficient (Wildman–Crippen LogP) is 3.61. The second kappa shape index (κ2) is 6.41. The second-order valence-electron chi connectivity index (χ2n) is 7.31. The molecule has 2 aromatic heterocycles. The van der Waals surface area contributed by atoms with Gasteiger partial charge in [-0.2, -0.15) is 0 Å². The Bertz CT molecular complexity index is 1250. The van der Waals surface area contributed by atoms with E-state index in [-0.39, 0.29) is 18.4 Å². The van der Waals surface area contributed by atoms with Gasteiger partial charge in [-0.15, -0.1) is 0 Å². The number of fused-ring (bicyclic) bond motifs is 4. The van der Waals surface area contributed by atoms with E-state index >= 15 is 0 Å². The second-order valence-corrected chi connectivity index (χ2v) is 7.31. The molecule has 0 fully saturated rings. The summed E-state index contributed by atoms with van der Waals surface area (Å²) in [6.07, 6.45) is 1.10. The fourth-order valence-corrected chi connectivity index (χ4v) is 4.35. The number of amides is 1. The van der Waals surface area contributed by atoms with Gasteiger partial charge in [0.2, 0.25) is 5.91 Å². The van der Waals surface area contributed by atoms with Gasteiger partial charge >= 0.3 is 5.76 Å². The number of H-pyrrole nitrogens is 1. The number of carbonyl (C=O) groups excluding carboxylic acids is 1. The van der Waals surface area contributed by atoms with Gasteiger partial charge in [-0.25, -0.2) is 4.79 Å². The summed E-state index contributed by atoms with van der Waals surface area (Å²) in [5.41, 5.74) is 4.82. The van der Waals surface area contributed by atoms with Crippen LogP contribution in [0.1, 0.15) is 30.6 Å². The predicted molar refractivity (Wildman–Crippen MR) is 107 cm³/mol. The van der Waals surface area contributed by atoms with Gasteiger partial charge in [0.25, 0.3) is 0 Å². The highest BCUT2D eigenvalue weighted by Crippen LogP contribution is 2.34. The molecule has 4 aromatic rings. The minimum absolute atomic E-state index is 0.0125. The van der Waals surface area contributed by atoms with Gasteiger partial charge < -0.3 is 14.3 Å². The van der Waals surface area contributed by atoms with E-state index in [0.29, 0.717) is 18.7 Å². The van der Waals surface area contributed by atoms with E-state index in [0.717, 1.165) is 23.1 Å². The first-order chi connectivity index (χ1) is 13.6. The molecule has 0 radical (unpaired) electrons. The average molecular weight is 375 g/mol. The van der Waals surface area contributed by atoms with Crippen LogP contribution >= 0.6 is 0 Å². The Labute approximate surface area is 161 Å². The third kappa shape index (κ3) is 2.56. The Morgan fingerprint density at radius 2 is 1.96 bits per heavy atom. The molecule has 6 nitrogen and oxygen atoms in total. The molecule has 0 spiro atoms. The summed E-state index contributed by atoms with van der Waals surface area (Å²) >= 11 is 0. The maximum Gasteiger partial charge on any atom is 0.419 e. The van der Waals surface area contributed by atoms with Crippen LogP contribution in [0.3, 0.4) is 0 Å². The van der Waals surface area contributed by atoms with Crippen LogP contribution in [0, 0.1) is 0 Å². The van der Waals surface area contributed by atoms with E-state index in [1.807, 2.05) is 35.2 Å². The zero-order valence-electron chi connectivity index (χ0n) is 15.6. The standard InChI is InChI=1S/C22H21N3O3/c1-14-21-16(15-6-2-3-7-17(15)23-21)10-12-24(14)20(26)11-13-25-18-8-4-5-9-19(18)28-22(25)27/h2-9,14,23H,10-13H2,1H3/t14-/m1/s1. The Balaban J connectivity index is 1.37. The van der Waals surface area contributed by atoms with Crippen LogP contribution in [-0.2, 0) is 17.8 Å². The summed E-state index contributed by atoms with van der Waals surface area (Å²) in [4.78, 5) is 30.5. The maximum atomic E-state index is 12.9. The minimum Gasteiger partial charge on any atom is -0.408 e. The SMILES string of the molecule is C[C@@H]1c2[nH]c3ccccc3c2CCN1C(=O)CCn1c(=O)oc2ccccc21. The topological polar surface area (TPSA) is 71.2 Å². The van der Waals surface area contributed by atoms with Gasteiger partial charge in [-0.05, 0) is 37.1 Å². The first kappa shape index (κ1) is 16.9. The number of nitrogens with zero attached hydrogens (tertiary/aromatic N) is 2. The first-order valence-corrected chi connectivity index (χ1v) is 9.61. The number of benzene rings is 2. The van der Waals surface area contributed by atoms with Gasteiger partial charge in [-0.1, -0.05) is 30.3 Å². The molecule has 0 saturated heterocycles.